The van der Waals surface area contributed by atoms with Gasteiger partial charge in [-0.05, 0) is 17.7 Å². The van der Waals surface area contributed by atoms with Crippen molar-refractivity contribution in [2.45, 2.75) is 6.54 Å². The molecular weight excluding hydrogens is 202 g/mol. The minimum Gasteiger partial charge on any atom is -0.490 e. The lowest BCUT2D eigenvalue weighted by Crippen LogP contribution is -2.18. The van der Waals surface area contributed by atoms with Crippen LogP contribution in [0.2, 0.25) is 0 Å². The quantitative estimate of drug-likeness (QED) is 0.538. The smallest absolute Gasteiger partial charge is 0.119 e. The molecule has 0 aliphatic heterocycles. The maximum absolute atomic E-state index is 5.39. The summed E-state index contributed by atoms with van der Waals surface area (Å²) in [6, 6.07) is 8.05. The zero-order valence-corrected chi connectivity index (χ0v) is 9.74. The van der Waals surface area contributed by atoms with Crippen LogP contribution < -0.4 is 10.1 Å². The number of hydrogen-bond donors (Lipinski definition) is 1. The van der Waals surface area contributed by atoms with E-state index in [1.807, 2.05) is 12.1 Å². The lowest BCUT2D eigenvalue weighted by Gasteiger charge is -2.06. The van der Waals surface area contributed by atoms with Crippen molar-refractivity contribution in [3.63, 3.8) is 0 Å². The fourth-order valence-electron chi connectivity index (χ4n) is 1.27. The Morgan fingerprint density at radius 3 is 2.69 bits per heavy atom. The zero-order valence-electron chi connectivity index (χ0n) is 9.74. The maximum Gasteiger partial charge on any atom is 0.119 e. The largest absolute Gasteiger partial charge is 0.490 e. The molecule has 1 rings (SSSR count). The second kappa shape index (κ2) is 7.91. The Kier molecular flexibility index (Phi) is 6.30. The summed E-state index contributed by atoms with van der Waals surface area (Å²) in [4.78, 5) is 0. The van der Waals surface area contributed by atoms with E-state index < -0.39 is 0 Å². The number of ether oxygens (including phenoxy) is 2. The van der Waals surface area contributed by atoms with Gasteiger partial charge in [0.05, 0.1) is 6.61 Å². The van der Waals surface area contributed by atoms with Crippen molar-refractivity contribution in [3.8, 4) is 5.75 Å². The molecule has 88 valence electrons. The van der Waals surface area contributed by atoms with Gasteiger partial charge in [0.2, 0.25) is 0 Å². The topological polar surface area (TPSA) is 30.5 Å². The van der Waals surface area contributed by atoms with Crippen LogP contribution in [0.5, 0.6) is 5.75 Å². The lowest BCUT2D eigenvalue weighted by molar-refractivity contribution is 0.199. The van der Waals surface area contributed by atoms with Crippen molar-refractivity contribution in [1.29, 1.82) is 0 Å². The molecule has 0 atom stereocenters. The second-order valence-electron chi connectivity index (χ2n) is 3.41. The minimum absolute atomic E-state index is 0.547. The number of nitrogens with one attached hydrogen (secondary N) is 1. The van der Waals surface area contributed by atoms with Gasteiger partial charge >= 0.3 is 0 Å². The predicted molar refractivity (Wildman–Crippen MR) is 65.7 cm³/mol. The number of methoxy groups -OCH3 is 1. The van der Waals surface area contributed by atoms with Crippen LogP contribution in [0.1, 0.15) is 5.56 Å². The number of benzene rings is 1. The van der Waals surface area contributed by atoms with E-state index in [9.17, 15) is 0 Å². The fourth-order valence-corrected chi connectivity index (χ4v) is 1.27. The maximum atomic E-state index is 5.39. The summed E-state index contributed by atoms with van der Waals surface area (Å²) in [6.45, 7) is 6.61. The molecule has 0 aromatic heterocycles. The van der Waals surface area contributed by atoms with Crippen LogP contribution in [0.3, 0.4) is 0 Å². The van der Waals surface area contributed by atoms with E-state index in [0.29, 0.717) is 6.61 Å². The molecule has 16 heavy (non-hydrogen) atoms. The molecular formula is C13H19NO2. The summed E-state index contributed by atoms with van der Waals surface area (Å²) in [5.74, 6) is 0.876. The highest BCUT2D eigenvalue weighted by atomic mass is 16.5. The fraction of sp³-hybridized carbons (Fsp3) is 0.385. The van der Waals surface area contributed by atoms with Crippen molar-refractivity contribution < 1.29 is 9.47 Å². The summed E-state index contributed by atoms with van der Waals surface area (Å²) >= 11 is 0. The Balaban J connectivity index is 2.30. The summed E-state index contributed by atoms with van der Waals surface area (Å²) in [7, 11) is 1.70. The summed E-state index contributed by atoms with van der Waals surface area (Å²) in [5.41, 5.74) is 1.24. The molecule has 0 fully saturated rings. The molecule has 1 aromatic rings. The molecule has 0 bridgehead atoms. The third-order valence-electron chi connectivity index (χ3n) is 2.10. The molecule has 1 aromatic carbocycles. The van der Waals surface area contributed by atoms with Crippen LogP contribution in [0.15, 0.2) is 36.9 Å². The third kappa shape index (κ3) is 4.96. The van der Waals surface area contributed by atoms with Gasteiger partial charge in [-0.2, -0.15) is 0 Å². The number of rotatable bonds is 8. The van der Waals surface area contributed by atoms with E-state index in [2.05, 4.69) is 24.0 Å². The molecule has 0 aliphatic rings. The normalized spacial score (nSPS) is 10.1. The first kappa shape index (κ1) is 12.7. The van der Waals surface area contributed by atoms with Gasteiger partial charge in [-0.25, -0.2) is 0 Å². The summed E-state index contributed by atoms with van der Waals surface area (Å²) in [5, 5.41) is 3.28. The zero-order chi connectivity index (χ0) is 11.6. The molecule has 0 spiro atoms. The van der Waals surface area contributed by atoms with Crippen molar-refractivity contribution >= 4 is 0 Å². The van der Waals surface area contributed by atoms with Crippen LogP contribution in [0, 0.1) is 0 Å². The molecule has 1 N–H and O–H groups in total. The van der Waals surface area contributed by atoms with Crippen LogP contribution in [-0.4, -0.2) is 26.9 Å². The molecule has 0 saturated carbocycles. The van der Waals surface area contributed by atoms with Crippen LogP contribution in [0.4, 0.5) is 0 Å². The van der Waals surface area contributed by atoms with E-state index in [1.54, 1.807) is 13.2 Å². The highest BCUT2D eigenvalue weighted by molar-refractivity contribution is 5.27. The van der Waals surface area contributed by atoms with Crippen LogP contribution in [0.25, 0.3) is 0 Å². The molecule has 0 amide bonds. The second-order valence-corrected chi connectivity index (χ2v) is 3.41. The standard InChI is InChI=1S/C13H19NO2/c1-3-9-16-13-6-4-12(5-7-13)11-14-8-10-15-2/h3-7,14H,1,8-11H2,2H3. The molecule has 0 heterocycles. The van der Waals surface area contributed by atoms with Gasteiger partial charge in [-0.3, -0.25) is 0 Å². The van der Waals surface area contributed by atoms with E-state index >= 15 is 0 Å². The molecule has 0 unspecified atom stereocenters. The van der Waals surface area contributed by atoms with E-state index in [4.69, 9.17) is 9.47 Å². The lowest BCUT2D eigenvalue weighted by atomic mass is 10.2. The van der Waals surface area contributed by atoms with Crippen molar-refractivity contribution in [2.75, 3.05) is 26.9 Å². The average molecular weight is 221 g/mol. The van der Waals surface area contributed by atoms with Gasteiger partial charge in [-0.1, -0.05) is 24.8 Å². The van der Waals surface area contributed by atoms with E-state index in [0.717, 1.165) is 25.4 Å². The van der Waals surface area contributed by atoms with Crippen molar-refractivity contribution in [3.05, 3.63) is 42.5 Å². The highest BCUT2D eigenvalue weighted by Gasteiger charge is 1.94. The monoisotopic (exact) mass is 221 g/mol. The Labute approximate surface area is 97.1 Å². The van der Waals surface area contributed by atoms with E-state index in [1.165, 1.54) is 5.56 Å². The van der Waals surface area contributed by atoms with Gasteiger partial charge in [0.1, 0.15) is 12.4 Å². The summed E-state index contributed by atoms with van der Waals surface area (Å²) in [6.07, 6.45) is 1.74. The van der Waals surface area contributed by atoms with Crippen molar-refractivity contribution in [1.82, 2.24) is 5.32 Å². The molecule has 0 saturated heterocycles. The highest BCUT2D eigenvalue weighted by Crippen LogP contribution is 2.11. The first-order valence-electron chi connectivity index (χ1n) is 5.39. The third-order valence-corrected chi connectivity index (χ3v) is 2.10. The Morgan fingerprint density at radius 2 is 2.06 bits per heavy atom. The van der Waals surface area contributed by atoms with Crippen molar-refractivity contribution in [2.24, 2.45) is 0 Å². The van der Waals surface area contributed by atoms with E-state index in [-0.39, 0.29) is 0 Å². The van der Waals surface area contributed by atoms with Gasteiger partial charge in [-0.15, -0.1) is 0 Å². The average Bonchev–Trinajstić information content (AvgIpc) is 2.33. The SMILES string of the molecule is C=CCOc1ccc(CNCCOC)cc1. The Bertz CT molecular complexity index is 295. The first-order chi connectivity index (χ1) is 7.86. The molecule has 3 nitrogen and oxygen atoms in total. The number of hydrogen-bond acceptors (Lipinski definition) is 3. The first-order valence-corrected chi connectivity index (χ1v) is 5.39. The Morgan fingerprint density at radius 1 is 1.31 bits per heavy atom. The van der Waals surface area contributed by atoms with Gasteiger partial charge < -0.3 is 14.8 Å². The summed E-state index contributed by atoms with van der Waals surface area (Å²) < 4.78 is 10.3. The molecule has 0 radical (unpaired) electrons. The predicted octanol–water partition coefficient (Wildman–Crippen LogP) is 1.99. The van der Waals surface area contributed by atoms with Crippen LogP contribution >= 0.6 is 0 Å². The Hall–Kier alpha value is -1.32. The van der Waals surface area contributed by atoms with Gasteiger partial charge in [0.25, 0.3) is 0 Å². The van der Waals surface area contributed by atoms with Gasteiger partial charge in [0, 0.05) is 20.2 Å². The van der Waals surface area contributed by atoms with Crippen LogP contribution in [-0.2, 0) is 11.3 Å². The molecule has 3 heteroatoms. The minimum atomic E-state index is 0.547. The van der Waals surface area contributed by atoms with Gasteiger partial charge in [0.15, 0.2) is 0 Å². The molecule has 0 aliphatic carbocycles.